The molecule has 7 heteroatoms. The normalized spacial score (nSPS) is 15.2. The molecule has 2 aromatic rings. The third-order valence-corrected chi connectivity index (χ3v) is 3.93. The molecule has 1 saturated heterocycles. The molecule has 28 heavy (non-hydrogen) atoms. The number of urea groups is 1. The first-order valence-electron chi connectivity index (χ1n) is 8.26. The van der Waals surface area contributed by atoms with Crippen molar-refractivity contribution >= 4 is 29.6 Å². The molecule has 0 atom stereocenters. The average Bonchev–Trinajstić information content (AvgIpc) is 2.70. The number of terminal acetylenes is 1. The van der Waals surface area contributed by atoms with Crippen molar-refractivity contribution in [2.24, 2.45) is 0 Å². The summed E-state index contributed by atoms with van der Waals surface area (Å²) < 4.78 is 10.6. The molecule has 1 aliphatic rings. The van der Waals surface area contributed by atoms with Gasteiger partial charge in [0.05, 0.1) is 12.8 Å². The average molecular weight is 376 g/mol. The van der Waals surface area contributed by atoms with Gasteiger partial charge in [0.15, 0.2) is 11.5 Å². The molecular formula is C21H16N2O5. The lowest BCUT2D eigenvalue weighted by Crippen LogP contribution is -2.54. The van der Waals surface area contributed by atoms with Crippen LogP contribution < -0.4 is 19.7 Å². The number of hydrogen-bond acceptors (Lipinski definition) is 5. The van der Waals surface area contributed by atoms with Gasteiger partial charge >= 0.3 is 6.03 Å². The number of rotatable bonds is 5. The summed E-state index contributed by atoms with van der Waals surface area (Å²) in [6.07, 6.45) is 6.57. The molecule has 4 amide bonds. The Morgan fingerprint density at radius 1 is 1.11 bits per heavy atom. The zero-order valence-electron chi connectivity index (χ0n) is 15.0. The van der Waals surface area contributed by atoms with Crippen LogP contribution in [0.1, 0.15) is 5.56 Å². The Balaban J connectivity index is 1.96. The zero-order valence-corrected chi connectivity index (χ0v) is 15.0. The lowest BCUT2D eigenvalue weighted by Gasteiger charge is -2.26. The maximum Gasteiger partial charge on any atom is 0.335 e. The summed E-state index contributed by atoms with van der Waals surface area (Å²) in [6, 6.07) is 12.4. The van der Waals surface area contributed by atoms with Gasteiger partial charge in [-0.1, -0.05) is 30.2 Å². The summed E-state index contributed by atoms with van der Waals surface area (Å²) >= 11 is 0. The van der Waals surface area contributed by atoms with Gasteiger partial charge in [-0.15, -0.1) is 6.42 Å². The van der Waals surface area contributed by atoms with Crippen molar-refractivity contribution in [2.75, 3.05) is 18.6 Å². The summed E-state index contributed by atoms with van der Waals surface area (Å²) in [6.45, 7) is 0.0752. The molecular weight excluding hydrogens is 360 g/mol. The van der Waals surface area contributed by atoms with Gasteiger partial charge in [0.2, 0.25) is 0 Å². The van der Waals surface area contributed by atoms with E-state index in [2.05, 4.69) is 11.2 Å². The number of anilines is 1. The highest BCUT2D eigenvalue weighted by Gasteiger charge is 2.36. The third-order valence-electron chi connectivity index (χ3n) is 3.93. The Morgan fingerprint density at radius 3 is 2.54 bits per heavy atom. The van der Waals surface area contributed by atoms with Crippen molar-refractivity contribution < 1.29 is 23.9 Å². The van der Waals surface area contributed by atoms with Gasteiger partial charge in [0.25, 0.3) is 11.8 Å². The molecule has 7 nitrogen and oxygen atoms in total. The van der Waals surface area contributed by atoms with Crippen LogP contribution in [0, 0.1) is 12.3 Å². The number of barbiturate groups is 1. The zero-order chi connectivity index (χ0) is 20.1. The predicted octanol–water partition coefficient (Wildman–Crippen LogP) is 2.37. The summed E-state index contributed by atoms with van der Waals surface area (Å²) in [5, 5.41) is 2.18. The van der Waals surface area contributed by atoms with E-state index in [0.717, 1.165) is 4.90 Å². The van der Waals surface area contributed by atoms with E-state index in [4.69, 9.17) is 15.9 Å². The Kier molecular flexibility index (Phi) is 5.42. The van der Waals surface area contributed by atoms with E-state index in [0.29, 0.717) is 22.7 Å². The lowest BCUT2D eigenvalue weighted by atomic mass is 10.1. The minimum absolute atomic E-state index is 0.0752. The monoisotopic (exact) mass is 376 g/mol. The molecule has 0 radical (unpaired) electrons. The number of methoxy groups -OCH3 is 1. The topological polar surface area (TPSA) is 84.9 Å². The fourth-order valence-electron chi connectivity index (χ4n) is 2.65. The van der Waals surface area contributed by atoms with Gasteiger partial charge in [-0.25, -0.2) is 9.69 Å². The lowest BCUT2D eigenvalue weighted by molar-refractivity contribution is -0.122. The molecule has 1 fully saturated rings. The number of carbonyl (C=O) groups is 3. The number of imide groups is 2. The van der Waals surface area contributed by atoms with Crippen molar-refractivity contribution in [1.82, 2.24) is 5.32 Å². The number of hydrogen-bond donors (Lipinski definition) is 1. The minimum atomic E-state index is -0.797. The van der Waals surface area contributed by atoms with E-state index in [1.165, 1.54) is 13.2 Å². The van der Waals surface area contributed by atoms with Gasteiger partial charge in [0, 0.05) is 0 Å². The number of nitrogens with one attached hydrogen (secondary N) is 1. The van der Waals surface area contributed by atoms with Gasteiger partial charge in [0.1, 0.15) is 12.2 Å². The van der Waals surface area contributed by atoms with Crippen LogP contribution in [0.5, 0.6) is 11.5 Å². The first kappa shape index (κ1) is 18.7. The van der Waals surface area contributed by atoms with E-state index in [1.54, 1.807) is 48.5 Å². The van der Waals surface area contributed by atoms with Crippen LogP contribution in [0.4, 0.5) is 10.5 Å². The van der Waals surface area contributed by atoms with E-state index in [9.17, 15) is 14.4 Å². The van der Waals surface area contributed by atoms with Crippen LogP contribution in [0.2, 0.25) is 0 Å². The second kappa shape index (κ2) is 8.10. The standard InChI is InChI=1S/C21H16N2O5/c1-3-11-28-17-10-9-14(13-18(17)27-2)12-16-19(24)22-21(26)23(20(16)25)15-7-5-4-6-8-15/h1,4-10,12-13H,11H2,2H3,(H,22,24,26)/b16-12+. The molecule has 1 aliphatic heterocycles. The van der Waals surface area contributed by atoms with Crippen molar-refractivity contribution in [2.45, 2.75) is 0 Å². The van der Waals surface area contributed by atoms with Crippen LogP contribution in [-0.2, 0) is 9.59 Å². The molecule has 0 bridgehead atoms. The number of para-hydroxylation sites is 1. The quantitative estimate of drug-likeness (QED) is 0.492. The van der Waals surface area contributed by atoms with Gasteiger partial charge in [-0.05, 0) is 35.9 Å². The van der Waals surface area contributed by atoms with Crippen LogP contribution in [-0.4, -0.2) is 31.6 Å². The van der Waals surface area contributed by atoms with Crippen LogP contribution in [0.25, 0.3) is 6.08 Å². The fraction of sp³-hybridized carbons (Fsp3) is 0.0952. The molecule has 140 valence electrons. The number of benzene rings is 2. The van der Waals surface area contributed by atoms with Crippen LogP contribution in [0.15, 0.2) is 54.1 Å². The van der Waals surface area contributed by atoms with Gasteiger partial charge < -0.3 is 9.47 Å². The molecule has 1 N–H and O–H groups in total. The minimum Gasteiger partial charge on any atom is -0.493 e. The summed E-state index contributed by atoms with van der Waals surface area (Å²) in [5.41, 5.74) is 0.701. The Bertz CT molecular complexity index is 1010. The maximum atomic E-state index is 12.8. The highest BCUT2D eigenvalue weighted by molar-refractivity contribution is 6.39. The number of amides is 4. The number of carbonyl (C=O) groups excluding carboxylic acids is 3. The Labute approximate surface area is 161 Å². The smallest absolute Gasteiger partial charge is 0.335 e. The second-order valence-corrected chi connectivity index (χ2v) is 5.70. The second-order valence-electron chi connectivity index (χ2n) is 5.70. The molecule has 2 aromatic carbocycles. The van der Waals surface area contributed by atoms with Crippen LogP contribution >= 0.6 is 0 Å². The highest BCUT2D eigenvalue weighted by atomic mass is 16.5. The molecule has 0 saturated carbocycles. The van der Waals surface area contributed by atoms with E-state index in [-0.39, 0.29) is 12.2 Å². The molecule has 0 aliphatic carbocycles. The molecule has 0 aromatic heterocycles. The molecule has 0 spiro atoms. The van der Waals surface area contributed by atoms with Crippen LogP contribution in [0.3, 0.4) is 0 Å². The first-order chi connectivity index (χ1) is 13.5. The molecule has 3 rings (SSSR count). The van der Waals surface area contributed by atoms with Crippen molar-refractivity contribution in [3.05, 3.63) is 59.7 Å². The largest absolute Gasteiger partial charge is 0.493 e. The predicted molar refractivity (Wildman–Crippen MR) is 103 cm³/mol. The Hall–Kier alpha value is -4.05. The Morgan fingerprint density at radius 2 is 1.86 bits per heavy atom. The van der Waals surface area contributed by atoms with Gasteiger partial charge in [-0.2, -0.15) is 0 Å². The third kappa shape index (κ3) is 3.71. The highest BCUT2D eigenvalue weighted by Crippen LogP contribution is 2.29. The summed E-state index contributed by atoms with van der Waals surface area (Å²) in [7, 11) is 1.46. The van der Waals surface area contributed by atoms with Crippen molar-refractivity contribution in [3.8, 4) is 23.8 Å². The maximum absolute atomic E-state index is 12.8. The summed E-state index contributed by atoms with van der Waals surface area (Å²) in [4.78, 5) is 38.1. The van der Waals surface area contributed by atoms with E-state index in [1.807, 2.05) is 0 Å². The molecule has 0 unspecified atom stereocenters. The van der Waals surface area contributed by atoms with Crippen molar-refractivity contribution in [3.63, 3.8) is 0 Å². The number of nitrogens with zero attached hydrogens (tertiary/aromatic N) is 1. The summed E-state index contributed by atoms with van der Waals surface area (Å²) in [5.74, 6) is 1.70. The SMILES string of the molecule is C#CCOc1ccc(/C=C2\C(=O)NC(=O)N(c3ccccc3)C2=O)cc1OC. The molecule has 1 heterocycles. The number of ether oxygens (including phenoxy) is 2. The van der Waals surface area contributed by atoms with Gasteiger partial charge in [-0.3, -0.25) is 14.9 Å². The fourth-order valence-corrected chi connectivity index (χ4v) is 2.65. The first-order valence-corrected chi connectivity index (χ1v) is 8.26. The van der Waals surface area contributed by atoms with Crippen molar-refractivity contribution in [1.29, 1.82) is 0 Å². The van der Waals surface area contributed by atoms with E-state index < -0.39 is 17.8 Å². The van der Waals surface area contributed by atoms with E-state index >= 15 is 0 Å².